The maximum atomic E-state index is 9.55. The van der Waals surface area contributed by atoms with Crippen molar-refractivity contribution in [2.45, 2.75) is 44.3 Å². The molecule has 0 atom stereocenters. The molecular formula is C18H20N2O6S2. The third-order valence-corrected chi connectivity index (χ3v) is 6.07. The lowest BCUT2D eigenvalue weighted by Gasteiger charge is -2.26. The van der Waals surface area contributed by atoms with Crippen LogP contribution < -0.4 is 9.47 Å². The number of thiophene rings is 1. The van der Waals surface area contributed by atoms with Crippen molar-refractivity contribution in [1.82, 2.24) is 8.75 Å². The van der Waals surface area contributed by atoms with Gasteiger partial charge in [-0.25, -0.2) is 9.59 Å². The molecule has 2 saturated carbocycles. The fraction of sp³-hybridized carbons (Fsp3) is 0.444. The minimum atomic E-state index is -1.26. The van der Waals surface area contributed by atoms with E-state index in [9.17, 15) is 9.59 Å². The van der Waals surface area contributed by atoms with Crippen LogP contribution in [-0.4, -0.2) is 36.5 Å². The Morgan fingerprint density at radius 1 is 1.18 bits per heavy atom. The van der Waals surface area contributed by atoms with Gasteiger partial charge in [-0.05, 0) is 49.5 Å². The Labute approximate surface area is 169 Å². The van der Waals surface area contributed by atoms with Gasteiger partial charge in [0, 0.05) is 17.0 Å². The van der Waals surface area contributed by atoms with Crippen LogP contribution in [0.4, 0.5) is 0 Å². The van der Waals surface area contributed by atoms with Gasteiger partial charge in [-0.1, -0.05) is 6.07 Å². The van der Waals surface area contributed by atoms with Gasteiger partial charge in [0.15, 0.2) is 0 Å². The standard InChI is InChI=1S/C14H16N2O2S2.C4H4O4/c1-2-11(19-7-1)9-17-12-13(16-20-15-12)18-14-5-3-10(8-14)4-6-14;5-3(6)1-2-4(7)8/h1-2,7,10H,3-6,8-9H2;1-2H,(H,5,6)(H,7,8)/b;2-1-. The van der Waals surface area contributed by atoms with Crippen molar-refractivity contribution in [2.24, 2.45) is 5.92 Å². The highest BCUT2D eigenvalue weighted by Gasteiger charge is 2.47. The van der Waals surface area contributed by atoms with Crippen molar-refractivity contribution >= 4 is 35.0 Å². The molecule has 0 unspecified atom stereocenters. The average molecular weight is 425 g/mol. The molecule has 8 nitrogen and oxygen atoms in total. The summed E-state index contributed by atoms with van der Waals surface area (Å²) in [4.78, 5) is 20.3. The summed E-state index contributed by atoms with van der Waals surface area (Å²) in [7, 11) is 0. The zero-order valence-electron chi connectivity index (χ0n) is 14.9. The first-order valence-corrected chi connectivity index (χ1v) is 10.4. The molecule has 2 bridgehead atoms. The molecule has 4 rings (SSSR count). The third-order valence-electron chi connectivity index (χ3n) is 4.72. The smallest absolute Gasteiger partial charge is 0.328 e. The normalized spacial score (nSPS) is 22.6. The number of carboxylic acid groups (broad SMARTS) is 2. The summed E-state index contributed by atoms with van der Waals surface area (Å²) >= 11 is 2.85. The lowest BCUT2D eigenvalue weighted by molar-refractivity contribution is -0.134. The van der Waals surface area contributed by atoms with Crippen LogP contribution in [0.3, 0.4) is 0 Å². The van der Waals surface area contributed by atoms with E-state index in [0.29, 0.717) is 30.5 Å². The van der Waals surface area contributed by atoms with Crippen molar-refractivity contribution < 1.29 is 29.3 Å². The van der Waals surface area contributed by atoms with E-state index >= 15 is 0 Å². The van der Waals surface area contributed by atoms with Gasteiger partial charge in [0.2, 0.25) is 0 Å². The first-order valence-electron chi connectivity index (χ1n) is 8.76. The number of hydrogen-bond acceptors (Lipinski definition) is 8. The maximum Gasteiger partial charge on any atom is 0.328 e. The largest absolute Gasteiger partial charge is 0.478 e. The van der Waals surface area contributed by atoms with E-state index in [1.165, 1.54) is 24.1 Å². The van der Waals surface area contributed by atoms with Crippen molar-refractivity contribution in [3.63, 3.8) is 0 Å². The molecular weight excluding hydrogens is 404 g/mol. The molecule has 2 fully saturated rings. The molecule has 2 N–H and O–H groups in total. The number of hydrogen-bond donors (Lipinski definition) is 2. The summed E-state index contributed by atoms with van der Waals surface area (Å²) in [5, 5.41) is 17.7. The monoisotopic (exact) mass is 424 g/mol. The molecule has 2 aromatic heterocycles. The number of aliphatic carboxylic acids is 2. The molecule has 150 valence electrons. The molecule has 28 heavy (non-hydrogen) atoms. The highest BCUT2D eigenvalue weighted by atomic mass is 32.1. The molecule has 0 aromatic carbocycles. The van der Waals surface area contributed by atoms with Crippen LogP contribution in [0.25, 0.3) is 0 Å². The topological polar surface area (TPSA) is 119 Å². The molecule has 2 aliphatic rings. The van der Waals surface area contributed by atoms with Crippen molar-refractivity contribution in [3.05, 3.63) is 34.5 Å². The van der Waals surface area contributed by atoms with E-state index in [1.807, 2.05) is 11.4 Å². The Morgan fingerprint density at radius 2 is 1.86 bits per heavy atom. The van der Waals surface area contributed by atoms with Crippen LogP contribution in [0.15, 0.2) is 29.7 Å². The van der Waals surface area contributed by atoms with Crippen LogP contribution in [0.5, 0.6) is 11.8 Å². The minimum absolute atomic E-state index is 0.0153. The Morgan fingerprint density at radius 3 is 2.39 bits per heavy atom. The van der Waals surface area contributed by atoms with Crippen LogP contribution in [0, 0.1) is 5.92 Å². The van der Waals surface area contributed by atoms with Crippen LogP contribution in [-0.2, 0) is 16.2 Å². The molecule has 0 radical (unpaired) electrons. The summed E-state index contributed by atoms with van der Waals surface area (Å²) in [6, 6.07) is 4.08. The predicted octanol–water partition coefficient (Wildman–Crippen LogP) is 3.60. The third kappa shape index (κ3) is 5.52. The highest BCUT2D eigenvalue weighted by Crippen LogP contribution is 2.50. The van der Waals surface area contributed by atoms with Crippen LogP contribution in [0.2, 0.25) is 0 Å². The lowest BCUT2D eigenvalue weighted by Crippen LogP contribution is -2.30. The molecule has 0 amide bonds. The summed E-state index contributed by atoms with van der Waals surface area (Å²) in [6.45, 7) is 0.537. The first-order chi connectivity index (χ1) is 13.5. The van der Waals surface area contributed by atoms with Gasteiger partial charge in [0.25, 0.3) is 11.8 Å². The SMILES string of the molecule is O=C(O)/C=C\C(=O)O.c1csc(COc2nsnc2OC23CCC(CC2)C3)c1. The Kier molecular flexibility index (Phi) is 6.63. The zero-order chi connectivity index (χ0) is 20.0. The van der Waals surface area contributed by atoms with Crippen LogP contribution >= 0.6 is 23.1 Å². The van der Waals surface area contributed by atoms with E-state index in [0.717, 1.165) is 30.5 Å². The number of carboxylic acids is 2. The maximum absolute atomic E-state index is 9.55. The van der Waals surface area contributed by atoms with E-state index in [2.05, 4.69) is 14.8 Å². The number of aromatic nitrogens is 2. The Bertz CT molecular complexity index is 809. The molecule has 0 aliphatic heterocycles. The second-order valence-electron chi connectivity index (χ2n) is 6.68. The zero-order valence-corrected chi connectivity index (χ0v) is 16.6. The highest BCUT2D eigenvalue weighted by molar-refractivity contribution is 7.09. The summed E-state index contributed by atoms with van der Waals surface area (Å²) in [5.74, 6) is -0.515. The molecule has 10 heteroatoms. The number of rotatable bonds is 7. The number of carbonyl (C=O) groups is 2. The number of fused-ring (bicyclic) bond motifs is 2. The number of ether oxygens (including phenoxy) is 2. The summed E-state index contributed by atoms with van der Waals surface area (Å²) in [5.41, 5.74) is 0.0153. The van der Waals surface area contributed by atoms with Crippen molar-refractivity contribution in [3.8, 4) is 11.8 Å². The fourth-order valence-corrected chi connectivity index (χ4v) is 4.54. The molecule has 2 heterocycles. The molecule has 0 spiro atoms. The van der Waals surface area contributed by atoms with Gasteiger partial charge in [-0.15, -0.1) is 20.1 Å². The van der Waals surface area contributed by atoms with Gasteiger partial charge < -0.3 is 19.7 Å². The predicted molar refractivity (Wildman–Crippen MR) is 103 cm³/mol. The Balaban J connectivity index is 0.000000242. The lowest BCUT2D eigenvalue weighted by atomic mass is 9.97. The van der Waals surface area contributed by atoms with Crippen LogP contribution in [0.1, 0.15) is 37.0 Å². The van der Waals surface area contributed by atoms with Gasteiger partial charge in [0.1, 0.15) is 12.2 Å². The van der Waals surface area contributed by atoms with E-state index < -0.39 is 11.9 Å². The van der Waals surface area contributed by atoms with E-state index in [4.69, 9.17) is 19.7 Å². The van der Waals surface area contributed by atoms with Gasteiger partial charge in [-0.2, -0.15) is 0 Å². The minimum Gasteiger partial charge on any atom is -0.478 e. The fourth-order valence-electron chi connectivity index (χ4n) is 3.49. The van der Waals surface area contributed by atoms with E-state index in [1.54, 1.807) is 11.3 Å². The number of nitrogens with zero attached hydrogens (tertiary/aromatic N) is 2. The van der Waals surface area contributed by atoms with Gasteiger partial charge in [0.05, 0.1) is 11.7 Å². The van der Waals surface area contributed by atoms with E-state index in [-0.39, 0.29) is 5.60 Å². The van der Waals surface area contributed by atoms with Crippen molar-refractivity contribution in [1.29, 1.82) is 0 Å². The Hall–Kier alpha value is -2.46. The second kappa shape index (κ2) is 9.16. The second-order valence-corrected chi connectivity index (χ2v) is 8.25. The first kappa shape index (κ1) is 20.3. The summed E-state index contributed by atoms with van der Waals surface area (Å²) in [6.07, 6.45) is 7.19. The average Bonchev–Trinajstić information content (AvgIpc) is 3.44. The van der Waals surface area contributed by atoms with Gasteiger partial charge >= 0.3 is 11.9 Å². The quantitative estimate of drug-likeness (QED) is 0.647. The molecule has 0 saturated heterocycles. The van der Waals surface area contributed by atoms with Crippen molar-refractivity contribution in [2.75, 3.05) is 0 Å². The molecule has 2 aromatic rings. The van der Waals surface area contributed by atoms with Gasteiger partial charge in [-0.3, -0.25) is 0 Å². The molecule has 2 aliphatic carbocycles. The summed E-state index contributed by atoms with van der Waals surface area (Å²) < 4.78 is 20.5.